The summed E-state index contributed by atoms with van der Waals surface area (Å²) in [6, 6.07) is 0. The molecule has 0 bridgehead atoms. The van der Waals surface area contributed by atoms with Crippen molar-refractivity contribution in [1.82, 2.24) is 19.8 Å². The highest BCUT2D eigenvalue weighted by Crippen LogP contribution is 2.49. The van der Waals surface area contributed by atoms with Crippen LogP contribution in [0.5, 0.6) is 0 Å². The Hall–Kier alpha value is -1.36. The molecular weight excluding hydrogens is 840 g/mol. The van der Waals surface area contributed by atoms with Gasteiger partial charge in [0, 0.05) is 13.1 Å². The number of rotatable bonds is 30. The quantitative estimate of drug-likeness (QED) is 0.0733. The van der Waals surface area contributed by atoms with Gasteiger partial charge >= 0.3 is 0 Å². The summed E-state index contributed by atoms with van der Waals surface area (Å²) >= 11 is 10.3. The van der Waals surface area contributed by atoms with E-state index in [1.54, 1.807) is 12.4 Å². The third-order valence-electron chi connectivity index (χ3n) is 11.3. The van der Waals surface area contributed by atoms with Gasteiger partial charge in [0.25, 0.3) is 11.8 Å². The first-order valence-electron chi connectivity index (χ1n) is 21.7. The first kappa shape index (κ1) is 45.3. The van der Waals surface area contributed by atoms with Crippen molar-refractivity contribution in [1.29, 1.82) is 0 Å². The monoisotopic (exact) mass is 906 g/mol. The van der Waals surface area contributed by atoms with E-state index in [0.29, 0.717) is 47.5 Å². The summed E-state index contributed by atoms with van der Waals surface area (Å²) in [5.74, 6) is 0.647. The minimum Gasteiger partial charge on any atom is -0.304 e. The number of unbranched alkanes of at least 4 members (excludes halogenated alkanes) is 16. The Morgan fingerprint density at radius 2 is 0.796 bits per heavy atom. The Morgan fingerprint density at radius 1 is 0.500 bits per heavy atom. The number of halogens is 2. The van der Waals surface area contributed by atoms with Crippen LogP contribution in [-0.2, 0) is 9.59 Å². The van der Waals surface area contributed by atoms with Crippen molar-refractivity contribution in [2.24, 2.45) is 11.8 Å². The number of hydrogen-bond donors (Lipinski definition) is 0. The average Bonchev–Trinajstić information content (AvgIpc) is 3.92. The average molecular weight is 909 g/mol. The van der Waals surface area contributed by atoms with Gasteiger partial charge in [0.15, 0.2) is 0 Å². The zero-order chi connectivity index (χ0) is 38.7. The molecule has 2 amide bonds. The van der Waals surface area contributed by atoms with E-state index >= 15 is 9.59 Å². The van der Waals surface area contributed by atoms with Crippen molar-refractivity contribution in [3.63, 3.8) is 0 Å². The fourth-order valence-corrected chi connectivity index (χ4v) is 10.8. The summed E-state index contributed by atoms with van der Waals surface area (Å²) in [6.07, 6.45) is 32.9. The van der Waals surface area contributed by atoms with Crippen LogP contribution in [0.25, 0.3) is 11.4 Å². The largest absolute Gasteiger partial charge is 0.304 e. The molecule has 0 saturated heterocycles. The highest BCUT2D eigenvalue weighted by atomic mass is 79.9. The van der Waals surface area contributed by atoms with Gasteiger partial charge in [-0.25, -0.2) is 9.97 Å². The smallest absolute Gasteiger partial charge is 0.261 e. The van der Waals surface area contributed by atoms with E-state index in [4.69, 9.17) is 9.97 Å². The molecule has 6 nitrogen and oxygen atoms in total. The van der Waals surface area contributed by atoms with Crippen LogP contribution in [0, 0.1) is 11.8 Å². The predicted octanol–water partition coefficient (Wildman–Crippen LogP) is 14.6. The molecule has 0 radical (unpaired) electrons. The molecule has 0 aromatic carbocycles. The van der Waals surface area contributed by atoms with Crippen molar-refractivity contribution in [2.75, 3.05) is 13.1 Å². The SMILES string of the molecule is CCCCCCCCC(CCCCCC)CN1C(=O)C2=C(c3ncc(Br)s3)N(CC(CCCCCC)CCCCCCCC)C(=O)C2=C1c1ncc(Br)s1. The van der Waals surface area contributed by atoms with Crippen LogP contribution < -0.4 is 0 Å². The molecule has 4 heterocycles. The summed E-state index contributed by atoms with van der Waals surface area (Å²) in [5.41, 5.74) is 2.50. The van der Waals surface area contributed by atoms with Crippen molar-refractivity contribution in [3.8, 4) is 0 Å². The zero-order valence-corrected chi connectivity index (χ0v) is 38.7. The maximum Gasteiger partial charge on any atom is 0.261 e. The molecule has 2 unspecified atom stereocenters. The maximum atomic E-state index is 15.0. The Bertz CT molecular complexity index is 1390. The molecule has 2 aromatic heterocycles. The molecule has 0 aliphatic carbocycles. The molecule has 0 fully saturated rings. The third kappa shape index (κ3) is 13.4. The number of hydrogen-bond acceptors (Lipinski definition) is 6. The van der Waals surface area contributed by atoms with Gasteiger partial charge in [0.2, 0.25) is 0 Å². The molecule has 2 aliphatic rings. The minimum atomic E-state index is -0.0552. The summed E-state index contributed by atoms with van der Waals surface area (Å²) in [4.78, 5) is 43.5. The summed E-state index contributed by atoms with van der Waals surface area (Å²) in [5, 5.41) is 1.48. The van der Waals surface area contributed by atoms with E-state index in [1.807, 2.05) is 9.80 Å². The molecule has 0 saturated carbocycles. The van der Waals surface area contributed by atoms with E-state index in [9.17, 15) is 0 Å². The minimum absolute atomic E-state index is 0.0552. The lowest BCUT2D eigenvalue weighted by Gasteiger charge is -2.29. The second-order valence-electron chi connectivity index (χ2n) is 15.8. The number of aromatic nitrogens is 2. The number of amides is 2. The fourth-order valence-electron chi connectivity index (χ4n) is 8.23. The second-order valence-corrected chi connectivity index (χ2v) is 20.6. The molecule has 2 aromatic rings. The van der Waals surface area contributed by atoms with Crippen LogP contribution in [0.3, 0.4) is 0 Å². The van der Waals surface area contributed by atoms with Gasteiger partial charge in [0.05, 0.1) is 42.5 Å². The Labute approximate surface area is 352 Å². The molecular formula is C44H68Br2N4O2S2. The lowest BCUT2D eigenvalue weighted by Crippen LogP contribution is -2.35. The van der Waals surface area contributed by atoms with Crippen molar-refractivity contribution in [2.45, 2.75) is 182 Å². The lowest BCUT2D eigenvalue weighted by atomic mass is 9.93. The zero-order valence-electron chi connectivity index (χ0n) is 33.9. The van der Waals surface area contributed by atoms with E-state index in [-0.39, 0.29) is 11.8 Å². The highest BCUT2D eigenvalue weighted by Gasteiger charge is 2.50. The summed E-state index contributed by atoms with van der Waals surface area (Å²) < 4.78 is 1.80. The first-order chi connectivity index (χ1) is 26.3. The van der Waals surface area contributed by atoms with Crippen LogP contribution in [0.1, 0.15) is 192 Å². The Balaban J connectivity index is 1.69. The van der Waals surface area contributed by atoms with Gasteiger partial charge in [0.1, 0.15) is 10.0 Å². The number of fused-ring (bicyclic) bond motifs is 1. The maximum absolute atomic E-state index is 15.0. The molecule has 54 heavy (non-hydrogen) atoms. The number of thiazole rings is 2. The van der Waals surface area contributed by atoms with E-state index in [1.165, 1.54) is 151 Å². The van der Waals surface area contributed by atoms with Gasteiger partial charge in [-0.15, -0.1) is 22.7 Å². The standard InChI is InChI=1S/C44H68Br2N4O2S2/c1-5-9-13-17-19-23-27-33(25-21-15-11-7-3)31-49-39(41-47-29-35(45)53-41)37-38(43(49)51)40(42-48-30-36(46)54-42)50(44(37)52)32-34(26-22-16-12-8-4)28-24-20-18-14-10-6-2/h29-30,33-34H,5-28,31-32H2,1-4H3. The predicted molar refractivity (Wildman–Crippen MR) is 237 cm³/mol. The van der Waals surface area contributed by atoms with Crippen LogP contribution in [-0.4, -0.2) is 44.7 Å². The van der Waals surface area contributed by atoms with Gasteiger partial charge in [-0.05, 0) is 69.4 Å². The summed E-state index contributed by atoms with van der Waals surface area (Å²) in [6.45, 7) is 10.3. The van der Waals surface area contributed by atoms with Gasteiger partial charge in [-0.2, -0.15) is 0 Å². The molecule has 302 valence electrons. The number of carbonyl (C=O) groups excluding carboxylic acids is 2. The van der Waals surface area contributed by atoms with Crippen LogP contribution in [0.2, 0.25) is 0 Å². The van der Waals surface area contributed by atoms with Gasteiger partial charge < -0.3 is 9.80 Å². The Morgan fingerprint density at radius 3 is 1.09 bits per heavy atom. The molecule has 0 N–H and O–H groups in total. The first-order valence-corrected chi connectivity index (χ1v) is 24.9. The fraction of sp³-hybridized carbons (Fsp3) is 0.727. The van der Waals surface area contributed by atoms with Crippen LogP contribution in [0.4, 0.5) is 0 Å². The number of carbonyl (C=O) groups is 2. The van der Waals surface area contributed by atoms with E-state index < -0.39 is 0 Å². The summed E-state index contributed by atoms with van der Waals surface area (Å²) in [7, 11) is 0. The molecule has 4 rings (SSSR count). The number of nitrogens with zero attached hydrogens (tertiary/aromatic N) is 4. The normalized spacial score (nSPS) is 15.7. The van der Waals surface area contributed by atoms with Crippen LogP contribution >= 0.6 is 54.5 Å². The molecule has 10 heteroatoms. The molecule has 0 spiro atoms. The van der Waals surface area contributed by atoms with Crippen molar-refractivity contribution < 1.29 is 9.59 Å². The van der Waals surface area contributed by atoms with Crippen molar-refractivity contribution in [3.05, 3.63) is 41.1 Å². The van der Waals surface area contributed by atoms with Crippen molar-refractivity contribution >= 4 is 77.7 Å². The third-order valence-corrected chi connectivity index (χ3v) is 14.3. The molecule has 2 atom stereocenters. The highest BCUT2D eigenvalue weighted by molar-refractivity contribution is 9.11. The lowest BCUT2D eigenvalue weighted by molar-refractivity contribution is -0.124. The topological polar surface area (TPSA) is 66.4 Å². The van der Waals surface area contributed by atoms with E-state index in [2.05, 4.69) is 59.6 Å². The Kier molecular flexibility index (Phi) is 21.1. The van der Waals surface area contributed by atoms with Gasteiger partial charge in [-0.1, -0.05) is 156 Å². The van der Waals surface area contributed by atoms with Gasteiger partial charge in [-0.3, -0.25) is 9.59 Å². The van der Waals surface area contributed by atoms with E-state index in [0.717, 1.165) is 43.3 Å². The van der Waals surface area contributed by atoms with Crippen LogP contribution in [0.15, 0.2) is 31.1 Å². The second kappa shape index (κ2) is 25.1. The molecule has 2 aliphatic heterocycles.